The van der Waals surface area contributed by atoms with Crippen molar-refractivity contribution in [3.63, 3.8) is 0 Å². The molecule has 1 saturated heterocycles. The van der Waals surface area contributed by atoms with Crippen LogP contribution in [0.25, 0.3) is 0 Å². The third kappa shape index (κ3) is 2.94. The van der Waals surface area contributed by atoms with Gasteiger partial charge in [0, 0.05) is 23.7 Å². The van der Waals surface area contributed by atoms with Crippen molar-refractivity contribution in [1.29, 1.82) is 0 Å². The van der Waals surface area contributed by atoms with Gasteiger partial charge in [0.15, 0.2) is 0 Å². The zero-order valence-corrected chi connectivity index (χ0v) is 11.1. The van der Waals surface area contributed by atoms with Crippen LogP contribution in [-0.4, -0.2) is 37.2 Å². The Bertz CT molecular complexity index is 425. The topological polar surface area (TPSA) is 41.6 Å². The van der Waals surface area contributed by atoms with E-state index in [4.69, 9.17) is 16.3 Å². The van der Waals surface area contributed by atoms with Crippen LogP contribution in [-0.2, 0) is 4.74 Å². The lowest BCUT2D eigenvalue weighted by molar-refractivity contribution is -0.0153. The first-order chi connectivity index (χ1) is 8.72. The summed E-state index contributed by atoms with van der Waals surface area (Å²) in [6.45, 7) is 4.23. The van der Waals surface area contributed by atoms with Crippen LogP contribution >= 0.6 is 11.6 Å². The van der Waals surface area contributed by atoms with Gasteiger partial charge in [0.05, 0.1) is 13.2 Å². The molecule has 0 saturated carbocycles. The summed E-state index contributed by atoms with van der Waals surface area (Å²) in [4.78, 5) is 13.6. The highest BCUT2D eigenvalue weighted by Crippen LogP contribution is 2.28. The van der Waals surface area contributed by atoms with E-state index in [0.29, 0.717) is 31.3 Å². The summed E-state index contributed by atoms with van der Waals surface area (Å²) in [5.74, 6) is 0. The van der Waals surface area contributed by atoms with E-state index in [0.717, 1.165) is 5.56 Å². The van der Waals surface area contributed by atoms with Gasteiger partial charge in [-0.15, -0.1) is 0 Å². The molecule has 1 heterocycles. The van der Waals surface area contributed by atoms with E-state index in [9.17, 15) is 4.79 Å². The Morgan fingerprint density at radius 1 is 1.56 bits per heavy atom. The van der Waals surface area contributed by atoms with Crippen LogP contribution in [0.5, 0.6) is 0 Å². The smallest absolute Gasteiger partial charge is 0.317 e. The minimum Gasteiger partial charge on any atom is -0.370 e. The normalized spacial score (nSPS) is 19.7. The number of nitrogens with one attached hydrogen (secondary N) is 1. The third-order valence-corrected chi connectivity index (χ3v) is 3.28. The van der Waals surface area contributed by atoms with Gasteiger partial charge < -0.3 is 15.0 Å². The molecular formula is C13H17ClN2O2. The maximum atomic E-state index is 11.8. The molecule has 0 aliphatic carbocycles. The van der Waals surface area contributed by atoms with Crippen LogP contribution in [0.4, 0.5) is 4.79 Å². The second-order valence-corrected chi connectivity index (χ2v) is 4.57. The van der Waals surface area contributed by atoms with Crippen LogP contribution < -0.4 is 5.32 Å². The molecule has 1 atom stereocenters. The number of ether oxygens (including phenoxy) is 1. The third-order valence-electron chi connectivity index (χ3n) is 2.93. The van der Waals surface area contributed by atoms with Gasteiger partial charge in [-0.3, -0.25) is 0 Å². The number of benzene rings is 1. The van der Waals surface area contributed by atoms with Gasteiger partial charge in [-0.05, 0) is 13.0 Å². The van der Waals surface area contributed by atoms with Gasteiger partial charge in [-0.25, -0.2) is 4.79 Å². The van der Waals surface area contributed by atoms with Crippen molar-refractivity contribution in [2.45, 2.75) is 13.0 Å². The average molecular weight is 269 g/mol. The fraction of sp³-hybridized carbons (Fsp3) is 0.462. The van der Waals surface area contributed by atoms with E-state index >= 15 is 0 Å². The number of amides is 2. The highest BCUT2D eigenvalue weighted by atomic mass is 35.5. The molecule has 1 aromatic rings. The number of nitrogens with zero attached hydrogens (tertiary/aromatic N) is 1. The molecule has 5 heteroatoms. The number of morpholine rings is 1. The summed E-state index contributed by atoms with van der Waals surface area (Å²) >= 11 is 6.15. The molecule has 98 valence electrons. The molecule has 2 rings (SSSR count). The molecular weight excluding hydrogens is 252 g/mol. The van der Waals surface area contributed by atoms with Crippen LogP contribution in [0.3, 0.4) is 0 Å². The van der Waals surface area contributed by atoms with E-state index in [1.807, 2.05) is 31.2 Å². The number of hydrogen-bond donors (Lipinski definition) is 1. The van der Waals surface area contributed by atoms with E-state index in [1.54, 1.807) is 4.90 Å². The summed E-state index contributed by atoms with van der Waals surface area (Å²) in [5.41, 5.74) is 0.938. The van der Waals surface area contributed by atoms with Crippen LogP contribution in [0.2, 0.25) is 5.02 Å². The standard InChI is InChI=1S/C13H17ClN2O2/c1-2-15-13(17)16-7-8-18-12(9-16)10-5-3-4-6-11(10)14/h3-6,12H,2,7-9H2,1H3,(H,15,17)/t12-/m0/s1. The number of rotatable bonds is 2. The fourth-order valence-electron chi connectivity index (χ4n) is 2.02. The molecule has 1 N–H and O–H groups in total. The molecule has 18 heavy (non-hydrogen) atoms. The van der Waals surface area contributed by atoms with Gasteiger partial charge in [0.2, 0.25) is 0 Å². The highest BCUT2D eigenvalue weighted by Gasteiger charge is 2.26. The molecule has 0 radical (unpaired) electrons. The number of halogens is 1. The fourth-order valence-corrected chi connectivity index (χ4v) is 2.28. The van der Waals surface area contributed by atoms with Gasteiger partial charge >= 0.3 is 6.03 Å². The quantitative estimate of drug-likeness (QED) is 0.895. The summed E-state index contributed by atoms with van der Waals surface area (Å²) in [5, 5.41) is 3.48. The van der Waals surface area contributed by atoms with Crippen molar-refractivity contribution in [1.82, 2.24) is 10.2 Å². The van der Waals surface area contributed by atoms with Gasteiger partial charge in [-0.2, -0.15) is 0 Å². The highest BCUT2D eigenvalue weighted by molar-refractivity contribution is 6.31. The second-order valence-electron chi connectivity index (χ2n) is 4.16. The van der Waals surface area contributed by atoms with E-state index in [1.165, 1.54) is 0 Å². The maximum Gasteiger partial charge on any atom is 0.317 e. The zero-order chi connectivity index (χ0) is 13.0. The Kier molecular flexibility index (Phi) is 4.44. The summed E-state index contributed by atoms with van der Waals surface area (Å²) in [6.07, 6.45) is -0.143. The average Bonchev–Trinajstić information content (AvgIpc) is 2.40. The van der Waals surface area contributed by atoms with Crippen molar-refractivity contribution >= 4 is 17.6 Å². The zero-order valence-electron chi connectivity index (χ0n) is 10.4. The first-order valence-electron chi connectivity index (χ1n) is 6.11. The van der Waals surface area contributed by atoms with Crippen LogP contribution in [0, 0.1) is 0 Å². The molecule has 4 nitrogen and oxygen atoms in total. The van der Waals surface area contributed by atoms with E-state index in [2.05, 4.69) is 5.32 Å². The first-order valence-corrected chi connectivity index (χ1v) is 6.49. The Hall–Kier alpha value is -1.26. The maximum absolute atomic E-state index is 11.8. The molecule has 1 fully saturated rings. The Balaban J connectivity index is 2.07. The first kappa shape index (κ1) is 13.2. The molecule has 1 aromatic carbocycles. The summed E-state index contributed by atoms with van der Waals surface area (Å²) < 4.78 is 5.70. The van der Waals surface area contributed by atoms with Crippen LogP contribution in [0.1, 0.15) is 18.6 Å². The van der Waals surface area contributed by atoms with Crippen LogP contribution in [0.15, 0.2) is 24.3 Å². The van der Waals surface area contributed by atoms with Crippen molar-refractivity contribution in [3.8, 4) is 0 Å². The molecule has 0 spiro atoms. The number of hydrogen-bond acceptors (Lipinski definition) is 2. The van der Waals surface area contributed by atoms with Crippen molar-refractivity contribution in [2.24, 2.45) is 0 Å². The Morgan fingerprint density at radius 3 is 3.06 bits per heavy atom. The lowest BCUT2D eigenvalue weighted by atomic mass is 10.1. The largest absolute Gasteiger partial charge is 0.370 e. The number of urea groups is 1. The minimum absolute atomic E-state index is 0.0437. The SMILES string of the molecule is CCNC(=O)N1CCO[C@H](c2ccccc2Cl)C1. The number of carbonyl (C=O) groups excluding carboxylic acids is 1. The molecule has 0 bridgehead atoms. The lowest BCUT2D eigenvalue weighted by Crippen LogP contribution is -2.47. The monoisotopic (exact) mass is 268 g/mol. The van der Waals surface area contributed by atoms with E-state index < -0.39 is 0 Å². The van der Waals surface area contributed by atoms with Gasteiger partial charge in [0.25, 0.3) is 0 Å². The van der Waals surface area contributed by atoms with Crippen molar-refractivity contribution in [2.75, 3.05) is 26.2 Å². The molecule has 1 aliphatic rings. The molecule has 2 amide bonds. The Morgan fingerprint density at radius 2 is 2.33 bits per heavy atom. The Labute approximate surface area is 112 Å². The van der Waals surface area contributed by atoms with E-state index in [-0.39, 0.29) is 12.1 Å². The van der Waals surface area contributed by atoms with Gasteiger partial charge in [0.1, 0.15) is 6.10 Å². The van der Waals surface area contributed by atoms with Gasteiger partial charge in [-0.1, -0.05) is 29.8 Å². The minimum atomic E-state index is -0.143. The summed E-state index contributed by atoms with van der Waals surface area (Å²) in [7, 11) is 0. The predicted octanol–water partition coefficient (Wildman–Crippen LogP) is 2.44. The molecule has 1 aliphatic heterocycles. The molecule has 0 aromatic heterocycles. The second kappa shape index (κ2) is 6.07. The number of carbonyl (C=O) groups is 1. The molecule has 0 unspecified atom stereocenters. The predicted molar refractivity (Wildman–Crippen MR) is 70.8 cm³/mol. The van der Waals surface area contributed by atoms with Crippen molar-refractivity contribution < 1.29 is 9.53 Å². The lowest BCUT2D eigenvalue weighted by Gasteiger charge is -2.33. The van der Waals surface area contributed by atoms with Crippen molar-refractivity contribution in [3.05, 3.63) is 34.9 Å². The summed E-state index contributed by atoms with van der Waals surface area (Å²) in [6, 6.07) is 7.55.